The van der Waals surface area contributed by atoms with Crippen molar-refractivity contribution in [1.29, 1.82) is 0 Å². The van der Waals surface area contributed by atoms with Crippen LogP contribution < -0.4 is 15.4 Å². The second-order valence-corrected chi connectivity index (χ2v) is 5.94. The molecule has 0 aliphatic rings. The molecule has 0 fully saturated rings. The van der Waals surface area contributed by atoms with Gasteiger partial charge in [0.2, 0.25) is 0 Å². The maximum absolute atomic E-state index is 12.5. The number of carbonyl (C=O) groups is 2. The molecular weight excluding hydrogens is 372 g/mol. The molecule has 0 aliphatic heterocycles. The molecule has 0 spiro atoms. The number of benzene rings is 1. The Morgan fingerprint density at radius 1 is 1.11 bits per heavy atom. The van der Waals surface area contributed by atoms with Gasteiger partial charge in [0.05, 0.1) is 12.8 Å². The molecule has 0 aliphatic carbocycles. The fourth-order valence-corrected chi connectivity index (χ4v) is 2.45. The van der Waals surface area contributed by atoms with E-state index in [2.05, 4.69) is 20.8 Å². The molecule has 0 saturated carbocycles. The summed E-state index contributed by atoms with van der Waals surface area (Å²) in [5.41, 5.74) is 0.694. The Balaban J connectivity index is 1.77. The van der Waals surface area contributed by atoms with E-state index in [0.29, 0.717) is 22.2 Å². The van der Waals surface area contributed by atoms with E-state index >= 15 is 0 Å². The van der Waals surface area contributed by atoms with Gasteiger partial charge >= 0.3 is 0 Å². The van der Waals surface area contributed by atoms with Crippen molar-refractivity contribution in [3.63, 3.8) is 0 Å². The smallest absolute Gasteiger partial charge is 0.274 e. The van der Waals surface area contributed by atoms with E-state index in [0.717, 1.165) is 0 Å². The average molecular weight is 387 g/mol. The Bertz CT molecular complexity index is 1000. The highest BCUT2D eigenvalue weighted by Gasteiger charge is 2.15. The average Bonchev–Trinajstić information content (AvgIpc) is 3.06. The van der Waals surface area contributed by atoms with Crippen molar-refractivity contribution in [2.45, 2.75) is 6.92 Å². The summed E-state index contributed by atoms with van der Waals surface area (Å²) in [4.78, 5) is 28.8. The highest BCUT2D eigenvalue weighted by molar-refractivity contribution is 6.31. The van der Waals surface area contributed by atoms with Gasteiger partial charge in [-0.3, -0.25) is 14.6 Å². The Hall–Kier alpha value is -3.39. The first kappa shape index (κ1) is 18.4. The summed E-state index contributed by atoms with van der Waals surface area (Å²) in [6.45, 7) is 1.71. The minimum atomic E-state index is -0.512. The van der Waals surface area contributed by atoms with Crippen molar-refractivity contribution in [2.24, 2.45) is 0 Å². The largest absolute Gasteiger partial charge is 0.495 e. The molecule has 9 heteroatoms. The highest BCUT2D eigenvalue weighted by Crippen LogP contribution is 2.28. The van der Waals surface area contributed by atoms with Crippen LogP contribution in [0.25, 0.3) is 0 Å². The molecular formula is C18H15ClN4O4. The van der Waals surface area contributed by atoms with Crippen LogP contribution >= 0.6 is 11.6 Å². The van der Waals surface area contributed by atoms with Crippen LogP contribution in [-0.4, -0.2) is 29.1 Å². The summed E-state index contributed by atoms with van der Waals surface area (Å²) in [6, 6.07) is 9.27. The first-order valence-corrected chi connectivity index (χ1v) is 8.19. The molecule has 138 valence electrons. The van der Waals surface area contributed by atoms with Gasteiger partial charge in [-0.2, -0.15) is 0 Å². The zero-order valence-corrected chi connectivity index (χ0v) is 15.2. The van der Waals surface area contributed by atoms with Crippen LogP contribution in [0.4, 0.5) is 11.5 Å². The normalized spacial score (nSPS) is 10.3. The molecule has 2 amide bonds. The molecule has 0 bridgehead atoms. The SMILES string of the molecule is COc1ccc(Cl)cc1NC(=O)c1cc(C(=O)Nc2cc(C)on2)ccn1. The number of methoxy groups -OCH3 is 1. The number of aromatic nitrogens is 2. The zero-order chi connectivity index (χ0) is 19.4. The van der Waals surface area contributed by atoms with Gasteiger partial charge < -0.3 is 19.9 Å². The second kappa shape index (κ2) is 7.88. The molecule has 8 nitrogen and oxygen atoms in total. The third-order valence-corrected chi connectivity index (χ3v) is 3.77. The van der Waals surface area contributed by atoms with Crippen molar-refractivity contribution in [3.8, 4) is 5.75 Å². The number of anilines is 2. The van der Waals surface area contributed by atoms with Crippen molar-refractivity contribution < 1.29 is 18.8 Å². The Morgan fingerprint density at radius 3 is 2.63 bits per heavy atom. The molecule has 0 saturated heterocycles. The maximum atomic E-state index is 12.5. The number of aryl methyl sites for hydroxylation is 1. The summed E-state index contributed by atoms with van der Waals surface area (Å²) in [7, 11) is 1.48. The van der Waals surface area contributed by atoms with Crippen LogP contribution in [0.2, 0.25) is 5.02 Å². The lowest BCUT2D eigenvalue weighted by Crippen LogP contribution is -2.17. The monoisotopic (exact) mass is 386 g/mol. The summed E-state index contributed by atoms with van der Waals surface area (Å²) in [5, 5.41) is 9.38. The van der Waals surface area contributed by atoms with E-state index < -0.39 is 11.8 Å². The molecule has 3 aromatic rings. The van der Waals surface area contributed by atoms with E-state index in [1.807, 2.05) is 0 Å². The van der Waals surface area contributed by atoms with Crippen LogP contribution in [0, 0.1) is 6.92 Å². The standard InChI is InChI=1S/C18H15ClN4O4/c1-10-7-16(23-27-10)22-17(24)11-5-6-20-14(8-11)18(25)21-13-9-12(19)3-4-15(13)26-2/h3-9H,1-2H3,(H,21,25)(H,22,23,24). The number of nitrogens with zero attached hydrogens (tertiary/aromatic N) is 2. The van der Waals surface area contributed by atoms with Crippen LogP contribution in [0.1, 0.15) is 26.6 Å². The number of halogens is 1. The van der Waals surface area contributed by atoms with Crippen molar-refractivity contribution in [1.82, 2.24) is 10.1 Å². The number of carbonyl (C=O) groups excluding carboxylic acids is 2. The summed E-state index contributed by atoms with van der Waals surface area (Å²) >= 11 is 5.96. The summed E-state index contributed by atoms with van der Waals surface area (Å²) in [6.07, 6.45) is 1.37. The van der Waals surface area contributed by atoms with E-state index in [1.165, 1.54) is 25.4 Å². The first-order valence-electron chi connectivity index (χ1n) is 7.82. The predicted molar refractivity (Wildman–Crippen MR) is 99.4 cm³/mol. The van der Waals surface area contributed by atoms with Gasteiger partial charge in [-0.05, 0) is 37.3 Å². The van der Waals surface area contributed by atoms with Gasteiger partial charge in [-0.1, -0.05) is 16.8 Å². The minimum Gasteiger partial charge on any atom is -0.495 e. The lowest BCUT2D eigenvalue weighted by molar-refractivity contribution is 0.102. The quantitative estimate of drug-likeness (QED) is 0.694. The Morgan fingerprint density at radius 2 is 1.93 bits per heavy atom. The first-order chi connectivity index (χ1) is 13.0. The Kier molecular flexibility index (Phi) is 5.37. The maximum Gasteiger partial charge on any atom is 0.274 e. The van der Waals surface area contributed by atoms with Gasteiger partial charge in [0, 0.05) is 22.8 Å². The Labute approximate surface area is 159 Å². The number of ether oxygens (including phenoxy) is 1. The van der Waals surface area contributed by atoms with E-state index in [-0.39, 0.29) is 17.1 Å². The molecule has 0 atom stereocenters. The number of rotatable bonds is 5. The summed E-state index contributed by atoms with van der Waals surface area (Å²) in [5.74, 6) is 0.338. The van der Waals surface area contributed by atoms with E-state index in [4.69, 9.17) is 20.9 Å². The van der Waals surface area contributed by atoms with Crippen LogP contribution in [-0.2, 0) is 0 Å². The highest BCUT2D eigenvalue weighted by atomic mass is 35.5. The second-order valence-electron chi connectivity index (χ2n) is 5.51. The third kappa shape index (κ3) is 4.42. The molecule has 1 aromatic carbocycles. The van der Waals surface area contributed by atoms with Crippen LogP contribution in [0.5, 0.6) is 5.75 Å². The molecule has 2 N–H and O–H groups in total. The van der Waals surface area contributed by atoms with Gasteiger partial charge in [0.15, 0.2) is 5.82 Å². The number of hydrogen-bond acceptors (Lipinski definition) is 6. The number of pyridine rings is 1. The molecule has 0 unspecified atom stereocenters. The van der Waals surface area contributed by atoms with Gasteiger partial charge in [-0.15, -0.1) is 0 Å². The van der Waals surface area contributed by atoms with Gasteiger partial charge in [0.1, 0.15) is 17.2 Å². The third-order valence-electron chi connectivity index (χ3n) is 3.53. The number of hydrogen-bond donors (Lipinski definition) is 2. The zero-order valence-electron chi connectivity index (χ0n) is 14.4. The molecule has 2 heterocycles. The minimum absolute atomic E-state index is 0.0565. The lowest BCUT2D eigenvalue weighted by Gasteiger charge is -2.10. The van der Waals surface area contributed by atoms with Crippen molar-refractivity contribution in [3.05, 3.63) is 64.6 Å². The summed E-state index contributed by atoms with van der Waals surface area (Å²) < 4.78 is 10.1. The van der Waals surface area contributed by atoms with E-state index in [1.54, 1.807) is 31.2 Å². The predicted octanol–water partition coefficient (Wildman–Crippen LogP) is 3.54. The lowest BCUT2D eigenvalue weighted by atomic mass is 10.2. The van der Waals surface area contributed by atoms with Gasteiger partial charge in [-0.25, -0.2) is 0 Å². The number of nitrogens with one attached hydrogen (secondary N) is 2. The fraction of sp³-hybridized carbons (Fsp3) is 0.111. The van der Waals surface area contributed by atoms with Crippen molar-refractivity contribution in [2.75, 3.05) is 17.7 Å². The molecule has 3 rings (SSSR count). The topological polar surface area (TPSA) is 106 Å². The molecule has 27 heavy (non-hydrogen) atoms. The fourth-order valence-electron chi connectivity index (χ4n) is 2.27. The van der Waals surface area contributed by atoms with Crippen LogP contribution in [0.15, 0.2) is 47.1 Å². The molecule has 0 radical (unpaired) electrons. The van der Waals surface area contributed by atoms with Crippen molar-refractivity contribution >= 4 is 34.9 Å². The van der Waals surface area contributed by atoms with Crippen LogP contribution in [0.3, 0.4) is 0 Å². The molecule has 2 aromatic heterocycles. The number of amides is 2. The van der Waals surface area contributed by atoms with Gasteiger partial charge in [0.25, 0.3) is 11.8 Å². The van der Waals surface area contributed by atoms with E-state index in [9.17, 15) is 9.59 Å².